The summed E-state index contributed by atoms with van der Waals surface area (Å²) in [6.45, 7) is 2.31. The quantitative estimate of drug-likeness (QED) is 0.436. The lowest BCUT2D eigenvalue weighted by Crippen LogP contribution is -2.42. The predicted molar refractivity (Wildman–Crippen MR) is 108 cm³/mol. The summed E-state index contributed by atoms with van der Waals surface area (Å²) in [7, 11) is 1.23. The molecule has 3 heterocycles. The van der Waals surface area contributed by atoms with E-state index in [2.05, 4.69) is 20.6 Å². The number of methoxy groups -OCH3 is 1. The van der Waals surface area contributed by atoms with Gasteiger partial charge in [0.2, 0.25) is 5.95 Å². The zero-order valence-electron chi connectivity index (χ0n) is 17.7. The number of amides is 1. The smallest absolute Gasteiger partial charge is 0.421 e. The molecular formula is C20H21F4N5O4. The van der Waals surface area contributed by atoms with Crippen LogP contribution < -0.4 is 15.4 Å². The van der Waals surface area contributed by atoms with Crippen LogP contribution in [0.3, 0.4) is 0 Å². The first kappa shape index (κ1) is 22.8. The lowest BCUT2D eigenvalue weighted by atomic mass is 10.1. The zero-order valence-corrected chi connectivity index (χ0v) is 17.7. The van der Waals surface area contributed by atoms with Gasteiger partial charge in [0.1, 0.15) is 22.7 Å². The Labute approximate surface area is 185 Å². The fourth-order valence-corrected chi connectivity index (χ4v) is 3.96. The van der Waals surface area contributed by atoms with E-state index in [4.69, 9.17) is 9.47 Å². The van der Waals surface area contributed by atoms with E-state index in [9.17, 15) is 23.1 Å². The van der Waals surface area contributed by atoms with Crippen LogP contribution >= 0.6 is 0 Å². The third kappa shape index (κ3) is 4.19. The maximum Gasteiger partial charge on any atom is 0.421 e. The molecule has 33 heavy (non-hydrogen) atoms. The van der Waals surface area contributed by atoms with Crippen LogP contribution in [0.15, 0.2) is 12.3 Å². The van der Waals surface area contributed by atoms with Crippen molar-refractivity contribution in [2.24, 2.45) is 0 Å². The van der Waals surface area contributed by atoms with Gasteiger partial charge in [-0.05, 0) is 13.3 Å². The number of hydrogen-bond acceptors (Lipinski definition) is 8. The Morgan fingerprint density at radius 1 is 1.42 bits per heavy atom. The number of aromatic hydroxyl groups is 1. The van der Waals surface area contributed by atoms with Gasteiger partial charge in [0.15, 0.2) is 11.6 Å². The number of phenols is 1. The minimum Gasteiger partial charge on any atom is -0.505 e. The van der Waals surface area contributed by atoms with Gasteiger partial charge in [-0.3, -0.25) is 4.79 Å². The molecule has 1 aromatic carbocycles. The van der Waals surface area contributed by atoms with Gasteiger partial charge in [0, 0.05) is 25.4 Å². The third-order valence-corrected chi connectivity index (χ3v) is 5.48. The largest absolute Gasteiger partial charge is 0.505 e. The minimum atomic E-state index is -4.70. The first-order valence-electron chi connectivity index (χ1n) is 10.1. The van der Waals surface area contributed by atoms with Crippen LogP contribution in [0.25, 0.3) is 0 Å². The van der Waals surface area contributed by atoms with Crippen molar-refractivity contribution in [1.82, 2.24) is 14.9 Å². The monoisotopic (exact) mass is 471 g/mol. The number of morpholine rings is 1. The van der Waals surface area contributed by atoms with Crippen LogP contribution in [-0.4, -0.2) is 64.8 Å². The van der Waals surface area contributed by atoms with Crippen molar-refractivity contribution in [2.75, 3.05) is 37.4 Å². The first-order chi connectivity index (χ1) is 15.6. The summed E-state index contributed by atoms with van der Waals surface area (Å²) in [5, 5.41) is 15.1. The van der Waals surface area contributed by atoms with E-state index in [-0.39, 0.29) is 42.6 Å². The van der Waals surface area contributed by atoms with Gasteiger partial charge in [0.25, 0.3) is 5.91 Å². The predicted octanol–water partition coefficient (Wildman–Crippen LogP) is 3.14. The number of phenolic OH excluding ortho intramolecular Hbond substituents is 1. The molecule has 13 heteroatoms. The number of likely N-dealkylation sites (tertiary alicyclic amines) is 1. The molecule has 178 valence electrons. The van der Waals surface area contributed by atoms with Crippen LogP contribution in [-0.2, 0) is 10.9 Å². The fourth-order valence-electron chi connectivity index (χ4n) is 3.96. The zero-order chi connectivity index (χ0) is 23.9. The Morgan fingerprint density at radius 2 is 2.18 bits per heavy atom. The Bertz CT molecular complexity index is 1080. The molecule has 2 bridgehead atoms. The average molecular weight is 471 g/mol. The number of halogens is 4. The second-order valence-corrected chi connectivity index (χ2v) is 7.57. The number of nitrogens with zero attached hydrogens (tertiary/aromatic N) is 3. The number of anilines is 3. The molecule has 0 aliphatic carbocycles. The van der Waals surface area contributed by atoms with Crippen molar-refractivity contribution in [2.45, 2.75) is 31.7 Å². The van der Waals surface area contributed by atoms with Crippen LogP contribution in [0, 0.1) is 5.82 Å². The molecule has 9 nitrogen and oxygen atoms in total. The number of ether oxygens (including phenoxy) is 2. The lowest BCUT2D eigenvalue weighted by molar-refractivity contribution is -0.137. The van der Waals surface area contributed by atoms with E-state index >= 15 is 4.39 Å². The Morgan fingerprint density at radius 3 is 2.76 bits per heavy atom. The van der Waals surface area contributed by atoms with Crippen molar-refractivity contribution >= 4 is 23.4 Å². The number of rotatable bonds is 6. The second kappa shape index (κ2) is 8.54. The van der Waals surface area contributed by atoms with Gasteiger partial charge in [-0.25, -0.2) is 9.37 Å². The highest BCUT2D eigenvalue weighted by Gasteiger charge is 2.43. The average Bonchev–Trinajstić information content (AvgIpc) is 3.39. The molecule has 2 aliphatic rings. The molecule has 2 aromatic rings. The third-order valence-electron chi connectivity index (χ3n) is 5.48. The Hall–Kier alpha value is -3.35. The van der Waals surface area contributed by atoms with E-state index in [1.165, 1.54) is 12.0 Å². The molecule has 0 saturated carbocycles. The summed E-state index contributed by atoms with van der Waals surface area (Å²) in [4.78, 5) is 22.2. The topological polar surface area (TPSA) is 109 Å². The van der Waals surface area contributed by atoms with Crippen molar-refractivity contribution in [3.63, 3.8) is 0 Å². The summed E-state index contributed by atoms with van der Waals surface area (Å²) in [5.74, 6) is -3.68. The molecule has 3 N–H and O–H groups in total. The number of aromatic nitrogens is 2. The van der Waals surface area contributed by atoms with E-state index in [1.54, 1.807) is 6.92 Å². The second-order valence-electron chi connectivity index (χ2n) is 7.57. The molecular weight excluding hydrogens is 450 g/mol. The van der Waals surface area contributed by atoms with E-state index in [0.29, 0.717) is 19.2 Å². The minimum absolute atomic E-state index is 0.119. The van der Waals surface area contributed by atoms with E-state index in [0.717, 1.165) is 6.07 Å². The number of hydrogen-bond donors (Lipinski definition) is 3. The van der Waals surface area contributed by atoms with Crippen LogP contribution in [0.1, 0.15) is 29.3 Å². The molecule has 2 atom stereocenters. The number of alkyl halides is 3. The molecule has 4 rings (SSSR count). The number of carbonyl (C=O) groups is 1. The summed E-state index contributed by atoms with van der Waals surface area (Å²) >= 11 is 0. The van der Waals surface area contributed by atoms with Crippen LogP contribution in [0.2, 0.25) is 0 Å². The maximum absolute atomic E-state index is 15.0. The van der Waals surface area contributed by atoms with Gasteiger partial charge in [-0.1, -0.05) is 0 Å². The van der Waals surface area contributed by atoms with Crippen molar-refractivity contribution < 1.29 is 36.9 Å². The molecule has 2 saturated heterocycles. The highest BCUT2D eigenvalue weighted by Crippen LogP contribution is 2.41. The summed E-state index contributed by atoms with van der Waals surface area (Å²) in [6, 6.07) is 0.703. The molecule has 0 radical (unpaired) electrons. The van der Waals surface area contributed by atoms with Gasteiger partial charge < -0.3 is 30.1 Å². The van der Waals surface area contributed by atoms with E-state index < -0.39 is 40.6 Å². The maximum atomic E-state index is 15.0. The number of nitrogens with one attached hydrogen (secondary N) is 2. The Balaban J connectivity index is 1.77. The lowest BCUT2D eigenvalue weighted by Gasteiger charge is -2.28. The van der Waals surface area contributed by atoms with Crippen LogP contribution in [0.4, 0.5) is 35.0 Å². The molecule has 2 unspecified atom stereocenters. The molecule has 2 aliphatic heterocycles. The highest BCUT2D eigenvalue weighted by molar-refractivity contribution is 6.03. The summed E-state index contributed by atoms with van der Waals surface area (Å²) < 4.78 is 65.5. The summed E-state index contributed by atoms with van der Waals surface area (Å²) in [5.41, 5.74) is -1.83. The number of benzene rings is 1. The van der Waals surface area contributed by atoms with Gasteiger partial charge in [-0.15, -0.1) is 0 Å². The summed E-state index contributed by atoms with van der Waals surface area (Å²) in [6.07, 6.45) is -3.66. The van der Waals surface area contributed by atoms with E-state index in [1.807, 2.05) is 0 Å². The van der Waals surface area contributed by atoms with Crippen molar-refractivity contribution in [1.29, 1.82) is 0 Å². The molecule has 1 aromatic heterocycles. The SMILES string of the molecule is CCNc1nc(Nc2c(OC)cc(O)c(F)c2C(=O)N2CC3CC2CO3)ncc1C(F)(F)F. The Kier molecular flexibility index (Phi) is 5.91. The standard InChI is InChI=1S/C20H21F4N5O4/c1-3-25-17-11(20(22,23)24)6-26-19(28-17)27-16-13(32-2)5-12(30)15(21)14(16)18(31)29-7-10-4-9(29)8-33-10/h5-6,9-10,30H,3-4,7-8H2,1-2H3,(H2,25,26,27,28). The molecule has 1 amide bonds. The van der Waals surface area contributed by atoms with Gasteiger partial charge in [-0.2, -0.15) is 18.2 Å². The molecule has 2 fully saturated rings. The van der Waals surface area contributed by atoms with Crippen molar-refractivity contribution in [3.05, 3.63) is 29.2 Å². The van der Waals surface area contributed by atoms with Gasteiger partial charge in [0.05, 0.1) is 31.5 Å². The fraction of sp³-hybridized carbons (Fsp3) is 0.450. The van der Waals surface area contributed by atoms with Gasteiger partial charge >= 0.3 is 6.18 Å². The number of fused-ring (bicyclic) bond motifs is 2. The highest BCUT2D eigenvalue weighted by atomic mass is 19.4. The normalized spacial score (nSPS) is 19.6. The van der Waals surface area contributed by atoms with Crippen LogP contribution in [0.5, 0.6) is 11.5 Å². The van der Waals surface area contributed by atoms with Crippen molar-refractivity contribution in [3.8, 4) is 11.5 Å². The molecule has 0 spiro atoms. The first-order valence-corrected chi connectivity index (χ1v) is 10.1. The number of carbonyl (C=O) groups excluding carboxylic acids is 1.